The number of aryl methyl sites for hydroxylation is 2. The van der Waals surface area contributed by atoms with Crippen LogP contribution in [0.15, 0.2) is 6.20 Å². The van der Waals surface area contributed by atoms with Crippen molar-refractivity contribution in [2.24, 2.45) is 12.5 Å². The van der Waals surface area contributed by atoms with E-state index in [-0.39, 0.29) is 5.41 Å². The molecule has 14 heavy (non-hydrogen) atoms. The van der Waals surface area contributed by atoms with Crippen LogP contribution in [0.4, 0.5) is 5.69 Å². The van der Waals surface area contributed by atoms with Crippen molar-refractivity contribution in [1.82, 2.24) is 9.78 Å². The first kappa shape index (κ1) is 11.1. The van der Waals surface area contributed by atoms with Gasteiger partial charge in [0.1, 0.15) is 0 Å². The van der Waals surface area contributed by atoms with E-state index in [4.69, 9.17) is 0 Å². The summed E-state index contributed by atoms with van der Waals surface area (Å²) in [6, 6.07) is 0.436. The fourth-order valence-electron chi connectivity index (χ4n) is 1.19. The second-order valence-electron chi connectivity index (χ2n) is 5.03. The fourth-order valence-corrected chi connectivity index (χ4v) is 1.19. The Kier molecular flexibility index (Phi) is 2.88. The minimum absolute atomic E-state index is 0.266. The van der Waals surface area contributed by atoms with E-state index in [1.165, 1.54) is 0 Å². The zero-order valence-electron chi connectivity index (χ0n) is 10.0. The number of anilines is 1. The molecule has 1 rings (SSSR count). The molecule has 1 unspecified atom stereocenters. The zero-order chi connectivity index (χ0) is 10.9. The van der Waals surface area contributed by atoms with Crippen LogP contribution in [-0.4, -0.2) is 15.8 Å². The van der Waals surface area contributed by atoms with Crippen LogP contribution in [0.25, 0.3) is 0 Å². The highest BCUT2D eigenvalue weighted by Crippen LogP contribution is 2.23. The lowest BCUT2D eigenvalue weighted by Crippen LogP contribution is -2.30. The van der Waals surface area contributed by atoms with Crippen LogP contribution >= 0.6 is 0 Å². The molecule has 0 aromatic carbocycles. The van der Waals surface area contributed by atoms with E-state index in [1.807, 2.05) is 24.9 Å². The van der Waals surface area contributed by atoms with E-state index in [9.17, 15) is 0 Å². The second-order valence-corrected chi connectivity index (χ2v) is 5.03. The van der Waals surface area contributed by atoms with Gasteiger partial charge in [-0.2, -0.15) is 5.10 Å². The highest BCUT2D eigenvalue weighted by atomic mass is 15.3. The lowest BCUT2D eigenvalue weighted by molar-refractivity contribution is 0.359. The summed E-state index contributed by atoms with van der Waals surface area (Å²) in [6.07, 6.45) is 2.03. The number of rotatable bonds is 2. The molecule has 0 aliphatic carbocycles. The summed E-state index contributed by atoms with van der Waals surface area (Å²) in [5.41, 5.74) is 2.46. The molecule has 3 heteroatoms. The standard InChI is InChI=1S/C11H21N3/c1-8-10(7-14(6)13-8)12-9(2)11(3,4)5/h7,9,12H,1-6H3. The summed E-state index contributed by atoms with van der Waals surface area (Å²) in [5, 5.41) is 7.79. The maximum Gasteiger partial charge on any atom is 0.0825 e. The molecule has 0 saturated carbocycles. The largest absolute Gasteiger partial charge is 0.379 e. The predicted octanol–water partition coefficient (Wildman–Crippen LogP) is 2.58. The molecular formula is C11H21N3. The van der Waals surface area contributed by atoms with Gasteiger partial charge in [0.05, 0.1) is 11.4 Å². The Bertz CT molecular complexity index is 307. The Morgan fingerprint density at radius 2 is 2.00 bits per heavy atom. The van der Waals surface area contributed by atoms with Crippen molar-refractivity contribution in [2.75, 3.05) is 5.32 Å². The molecule has 1 aromatic heterocycles. The van der Waals surface area contributed by atoms with Gasteiger partial charge in [-0.05, 0) is 19.3 Å². The van der Waals surface area contributed by atoms with Crippen molar-refractivity contribution in [3.63, 3.8) is 0 Å². The Morgan fingerprint density at radius 3 is 2.36 bits per heavy atom. The van der Waals surface area contributed by atoms with Crippen LogP contribution < -0.4 is 5.32 Å². The van der Waals surface area contributed by atoms with Gasteiger partial charge in [-0.15, -0.1) is 0 Å². The Hall–Kier alpha value is -0.990. The first-order valence-corrected chi connectivity index (χ1v) is 5.07. The number of aromatic nitrogens is 2. The van der Waals surface area contributed by atoms with Gasteiger partial charge in [-0.3, -0.25) is 4.68 Å². The highest BCUT2D eigenvalue weighted by Gasteiger charge is 2.20. The van der Waals surface area contributed by atoms with Crippen molar-refractivity contribution in [3.8, 4) is 0 Å². The topological polar surface area (TPSA) is 29.9 Å². The summed E-state index contributed by atoms with van der Waals surface area (Å²) in [4.78, 5) is 0. The number of nitrogens with zero attached hydrogens (tertiary/aromatic N) is 2. The first-order chi connectivity index (χ1) is 6.30. The molecule has 0 fully saturated rings. The molecule has 1 N–H and O–H groups in total. The molecule has 0 aliphatic heterocycles. The molecule has 80 valence electrons. The van der Waals surface area contributed by atoms with Gasteiger partial charge in [0.25, 0.3) is 0 Å². The lowest BCUT2D eigenvalue weighted by atomic mass is 9.88. The predicted molar refractivity (Wildman–Crippen MR) is 60.5 cm³/mol. The zero-order valence-corrected chi connectivity index (χ0v) is 10.0. The Balaban J connectivity index is 2.74. The maximum absolute atomic E-state index is 4.30. The summed E-state index contributed by atoms with van der Waals surface area (Å²) in [6.45, 7) is 10.9. The fraction of sp³-hybridized carbons (Fsp3) is 0.727. The summed E-state index contributed by atoms with van der Waals surface area (Å²) in [7, 11) is 1.94. The van der Waals surface area contributed by atoms with E-state index in [1.54, 1.807) is 0 Å². The van der Waals surface area contributed by atoms with Crippen LogP contribution in [0.5, 0.6) is 0 Å². The van der Waals surface area contributed by atoms with Crippen molar-refractivity contribution < 1.29 is 0 Å². The van der Waals surface area contributed by atoms with Gasteiger partial charge in [0.2, 0.25) is 0 Å². The normalized spacial score (nSPS) is 14.1. The lowest BCUT2D eigenvalue weighted by Gasteiger charge is -2.28. The number of hydrogen-bond donors (Lipinski definition) is 1. The molecule has 1 atom stereocenters. The average molecular weight is 195 g/mol. The van der Waals surface area contributed by atoms with Crippen molar-refractivity contribution in [2.45, 2.75) is 40.7 Å². The third-order valence-electron chi connectivity index (χ3n) is 2.68. The van der Waals surface area contributed by atoms with Gasteiger partial charge < -0.3 is 5.32 Å². The quantitative estimate of drug-likeness (QED) is 0.786. The SMILES string of the molecule is Cc1nn(C)cc1NC(C)C(C)(C)C. The van der Waals surface area contributed by atoms with E-state index < -0.39 is 0 Å². The van der Waals surface area contributed by atoms with Crippen LogP contribution in [0.1, 0.15) is 33.4 Å². The van der Waals surface area contributed by atoms with Crippen molar-refractivity contribution in [1.29, 1.82) is 0 Å². The summed E-state index contributed by atoms with van der Waals surface area (Å²) < 4.78 is 1.84. The third-order valence-corrected chi connectivity index (χ3v) is 2.68. The van der Waals surface area contributed by atoms with Gasteiger partial charge in [-0.25, -0.2) is 0 Å². The van der Waals surface area contributed by atoms with Crippen LogP contribution in [0, 0.1) is 12.3 Å². The third kappa shape index (κ3) is 2.50. The van der Waals surface area contributed by atoms with Crippen molar-refractivity contribution in [3.05, 3.63) is 11.9 Å². The molecule has 0 amide bonds. The van der Waals surface area contributed by atoms with Crippen LogP contribution in [0.3, 0.4) is 0 Å². The van der Waals surface area contributed by atoms with Crippen LogP contribution in [0.2, 0.25) is 0 Å². The van der Waals surface area contributed by atoms with Crippen LogP contribution in [-0.2, 0) is 7.05 Å². The highest BCUT2D eigenvalue weighted by molar-refractivity contribution is 5.46. The van der Waals surface area contributed by atoms with E-state index in [2.05, 4.69) is 38.1 Å². The van der Waals surface area contributed by atoms with Gasteiger partial charge >= 0.3 is 0 Å². The van der Waals surface area contributed by atoms with E-state index in [0.717, 1.165) is 11.4 Å². The van der Waals surface area contributed by atoms with Gasteiger partial charge in [-0.1, -0.05) is 20.8 Å². The number of hydrogen-bond acceptors (Lipinski definition) is 2. The van der Waals surface area contributed by atoms with E-state index >= 15 is 0 Å². The maximum atomic E-state index is 4.30. The Labute approximate surface area is 86.5 Å². The molecule has 0 spiro atoms. The molecule has 0 radical (unpaired) electrons. The minimum atomic E-state index is 0.266. The molecule has 1 aromatic rings. The molecule has 1 heterocycles. The number of nitrogens with one attached hydrogen (secondary N) is 1. The molecule has 3 nitrogen and oxygen atoms in total. The van der Waals surface area contributed by atoms with E-state index in [0.29, 0.717) is 6.04 Å². The first-order valence-electron chi connectivity index (χ1n) is 5.07. The Morgan fingerprint density at radius 1 is 1.43 bits per heavy atom. The molecule has 0 bridgehead atoms. The average Bonchev–Trinajstić information content (AvgIpc) is 2.28. The monoisotopic (exact) mass is 195 g/mol. The smallest absolute Gasteiger partial charge is 0.0825 e. The van der Waals surface area contributed by atoms with Crippen molar-refractivity contribution >= 4 is 5.69 Å². The van der Waals surface area contributed by atoms with Gasteiger partial charge in [0.15, 0.2) is 0 Å². The minimum Gasteiger partial charge on any atom is -0.379 e. The summed E-state index contributed by atoms with van der Waals surface area (Å²) >= 11 is 0. The second kappa shape index (κ2) is 3.64. The molecular weight excluding hydrogens is 174 g/mol. The molecule has 0 saturated heterocycles. The van der Waals surface area contributed by atoms with Gasteiger partial charge in [0, 0.05) is 19.3 Å². The molecule has 0 aliphatic rings. The summed E-state index contributed by atoms with van der Waals surface area (Å²) in [5.74, 6) is 0.